The van der Waals surface area contributed by atoms with Crippen LogP contribution >= 0.6 is 23.2 Å². The Labute approximate surface area is 180 Å². The number of hydrogen-bond acceptors (Lipinski definition) is 4. The topological polar surface area (TPSA) is 73.0 Å². The lowest BCUT2D eigenvalue weighted by atomic mass is 10.2. The van der Waals surface area contributed by atoms with E-state index in [1.54, 1.807) is 36.8 Å². The molecule has 0 aliphatic carbocycles. The lowest BCUT2D eigenvalue weighted by molar-refractivity contribution is 0.488. The molecule has 3 aromatic heterocycles. The number of H-pyrrole nitrogens is 1. The zero-order valence-corrected chi connectivity index (χ0v) is 16.8. The molecule has 0 bridgehead atoms. The minimum absolute atomic E-state index is 0.381. The van der Waals surface area contributed by atoms with E-state index < -0.39 is 0 Å². The summed E-state index contributed by atoms with van der Waals surface area (Å²) in [6.07, 6.45) is 3.43. The van der Waals surface area contributed by atoms with Gasteiger partial charge >= 0.3 is 0 Å². The van der Waals surface area contributed by atoms with Crippen LogP contribution in [-0.2, 0) is 6.54 Å². The van der Waals surface area contributed by atoms with E-state index in [2.05, 4.69) is 25.0 Å². The van der Waals surface area contributed by atoms with Gasteiger partial charge in [0.05, 0.1) is 35.7 Å². The Kier molecular flexibility index (Phi) is 4.51. The molecule has 0 saturated heterocycles. The van der Waals surface area contributed by atoms with Gasteiger partial charge in [-0.05, 0) is 42.5 Å². The predicted octanol–water partition coefficient (Wildman–Crippen LogP) is 6.01. The van der Waals surface area contributed by atoms with Crippen molar-refractivity contribution < 1.29 is 4.74 Å². The second-order valence-electron chi connectivity index (χ2n) is 6.55. The highest BCUT2D eigenvalue weighted by Crippen LogP contribution is 2.38. The maximum Gasteiger partial charge on any atom is 0.192 e. The summed E-state index contributed by atoms with van der Waals surface area (Å²) < 4.78 is 7.97. The quantitative estimate of drug-likeness (QED) is 0.351. The molecule has 30 heavy (non-hydrogen) atoms. The minimum atomic E-state index is 0.381. The number of rotatable bonds is 4. The third-order valence-corrected chi connectivity index (χ3v) is 5.16. The normalized spacial score (nSPS) is 11.1. The highest BCUT2D eigenvalue weighted by Gasteiger charge is 2.16. The van der Waals surface area contributed by atoms with Gasteiger partial charge in [0.2, 0.25) is 0 Å². The first-order valence-corrected chi connectivity index (χ1v) is 9.65. The third-order valence-electron chi connectivity index (χ3n) is 4.64. The summed E-state index contributed by atoms with van der Waals surface area (Å²) in [5.41, 5.74) is 3.42. The van der Waals surface area contributed by atoms with Crippen molar-refractivity contribution in [3.05, 3.63) is 82.1 Å². The van der Waals surface area contributed by atoms with Gasteiger partial charge in [0.1, 0.15) is 11.3 Å². The summed E-state index contributed by atoms with van der Waals surface area (Å²) in [5, 5.41) is 9.05. The molecule has 1 N–H and O–H groups in total. The Bertz CT molecular complexity index is 1450. The van der Waals surface area contributed by atoms with Crippen LogP contribution in [-0.4, -0.2) is 24.7 Å². The second-order valence-corrected chi connectivity index (χ2v) is 7.40. The summed E-state index contributed by atoms with van der Waals surface area (Å²) in [4.78, 5) is 12.2. The van der Waals surface area contributed by atoms with Crippen LogP contribution in [0.2, 0.25) is 10.0 Å². The molecule has 0 atom stereocenters. The van der Waals surface area contributed by atoms with Crippen molar-refractivity contribution in [2.45, 2.75) is 6.54 Å². The van der Waals surface area contributed by atoms with E-state index in [0.29, 0.717) is 44.9 Å². The van der Waals surface area contributed by atoms with Crippen molar-refractivity contribution in [1.29, 1.82) is 0 Å². The van der Waals surface area contributed by atoms with Crippen LogP contribution in [0.1, 0.15) is 5.69 Å². The highest BCUT2D eigenvalue weighted by atomic mass is 35.5. The summed E-state index contributed by atoms with van der Waals surface area (Å²) in [5.74, 6) is 0.824. The lowest BCUT2D eigenvalue weighted by Gasteiger charge is -2.10. The summed E-state index contributed by atoms with van der Waals surface area (Å²) >= 11 is 12.5. The van der Waals surface area contributed by atoms with E-state index in [4.69, 9.17) is 34.5 Å². The van der Waals surface area contributed by atoms with Crippen LogP contribution in [0, 0.1) is 6.57 Å². The fraction of sp³-hybridized carbons (Fsp3) is 0.0476. The smallest absolute Gasteiger partial charge is 0.192 e. The van der Waals surface area contributed by atoms with Crippen LogP contribution in [0.3, 0.4) is 0 Å². The fourth-order valence-electron chi connectivity index (χ4n) is 3.29. The van der Waals surface area contributed by atoms with Crippen molar-refractivity contribution in [2.24, 2.45) is 0 Å². The molecular weight excluding hydrogens is 423 g/mol. The van der Waals surface area contributed by atoms with Crippen molar-refractivity contribution in [1.82, 2.24) is 24.7 Å². The maximum absolute atomic E-state index is 7.20. The van der Waals surface area contributed by atoms with Gasteiger partial charge in [-0.25, -0.2) is 14.8 Å². The number of nitrogens with zero attached hydrogens (tertiary/aromatic N) is 5. The van der Waals surface area contributed by atoms with Gasteiger partial charge in [-0.15, -0.1) is 0 Å². The van der Waals surface area contributed by atoms with Gasteiger partial charge in [-0.1, -0.05) is 23.2 Å². The Morgan fingerprint density at radius 3 is 2.90 bits per heavy atom. The molecule has 0 radical (unpaired) electrons. The number of fused-ring (bicyclic) bond motifs is 2. The van der Waals surface area contributed by atoms with Crippen molar-refractivity contribution in [3.8, 4) is 11.5 Å². The Hall–Kier alpha value is -3.60. The standard InChI is InChI=1S/C21H12Cl2N6O/c1-24-13-7-12(22)8-14(9-13)30-20-16(23)4-5-18-19(20)26-11-29(18)10-17-15-3-2-6-25-21(15)28-27-17/h2-9,11H,10H2,(H,25,27,28). The first-order chi connectivity index (χ1) is 14.6. The van der Waals surface area contributed by atoms with Gasteiger partial charge in [-0.3, -0.25) is 5.10 Å². The zero-order chi connectivity index (χ0) is 20.7. The molecule has 0 spiro atoms. The molecule has 7 nitrogen and oxygen atoms in total. The first kappa shape index (κ1) is 18.4. The SMILES string of the molecule is [C-]#[N+]c1cc(Cl)cc(Oc2c(Cl)ccc3c2ncn3Cc2[nH]nc3ncccc23)c1. The summed E-state index contributed by atoms with van der Waals surface area (Å²) in [6, 6.07) is 12.3. The number of aromatic nitrogens is 5. The van der Waals surface area contributed by atoms with Crippen LogP contribution in [0.4, 0.5) is 5.69 Å². The second kappa shape index (κ2) is 7.34. The molecule has 0 fully saturated rings. The van der Waals surface area contributed by atoms with Crippen molar-refractivity contribution in [3.63, 3.8) is 0 Å². The van der Waals surface area contributed by atoms with Gasteiger partial charge < -0.3 is 9.30 Å². The van der Waals surface area contributed by atoms with Crippen molar-refractivity contribution >= 4 is 51.0 Å². The predicted molar refractivity (Wildman–Crippen MR) is 116 cm³/mol. The molecule has 146 valence electrons. The number of benzene rings is 2. The highest BCUT2D eigenvalue weighted by molar-refractivity contribution is 6.33. The van der Waals surface area contributed by atoms with E-state index in [9.17, 15) is 0 Å². The van der Waals surface area contributed by atoms with Gasteiger partial charge in [0.15, 0.2) is 17.1 Å². The largest absolute Gasteiger partial charge is 0.455 e. The minimum Gasteiger partial charge on any atom is -0.455 e. The van der Waals surface area contributed by atoms with Crippen LogP contribution in [0.5, 0.6) is 11.5 Å². The molecule has 5 aromatic rings. The number of hydrogen-bond donors (Lipinski definition) is 1. The van der Waals surface area contributed by atoms with E-state index in [1.807, 2.05) is 22.8 Å². The number of ether oxygens (including phenoxy) is 1. The molecule has 0 aliphatic rings. The first-order valence-electron chi connectivity index (χ1n) is 8.89. The summed E-state index contributed by atoms with van der Waals surface area (Å²) in [7, 11) is 0. The third kappa shape index (κ3) is 3.22. The number of aromatic amines is 1. The Morgan fingerprint density at radius 2 is 2.03 bits per heavy atom. The van der Waals surface area contributed by atoms with E-state index in [-0.39, 0.29) is 0 Å². The molecule has 0 aliphatic heterocycles. The number of nitrogens with one attached hydrogen (secondary N) is 1. The Balaban J connectivity index is 1.55. The molecule has 0 saturated carbocycles. The molecule has 9 heteroatoms. The van der Waals surface area contributed by atoms with Crippen LogP contribution in [0.15, 0.2) is 55.0 Å². The maximum atomic E-state index is 7.20. The monoisotopic (exact) mass is 434 g/mol. The van der Waals surface area contributed by atoms with E-state index in [1.165, 1.54) is 0 Å². The summed E-state index contributed by atoms with van der Waals surface area (Å²) in [6.45, 7) is 7.73. The Morgan fingerprint density at radius 1 is 1.13 bits per heavy atom. The molecule has 0 amide bonds. The number of pyridine rings is 1. The molecule has 2 aromatic carbocycles. The fourth-order valence-corrected chi connectivity index (χ4v) is 3.70. The van der Waals surface area contributed by atoms with E-state index >= 15 is 0 Å². The van der Waals surface area contributed by atoms with Gasteiger partial charge in [0.25, 0.3) is 0 Å². The van der Waals surface area contributed by atoms with Gasteiger partial charge in [0, 0.05) is 16.6 Å². The average molecular weight is 435 g/mol. The van der Waals surface area contributed by atoms with Crippen LogP contribution in [0.25, 0.3) is 26.9 Å². The average Bonchev–Trinajstić information content (AvgIpc) is 3.34. The van der Waals surface area contributed by atoms with Crippen LogP contribution < -0.4 is 4.74 Å². The number of halogens is 2. The molecule has 0 unspecified atom stereocenters. The lowest BCUT2D eigenvalue weighted by Crippen LogP contribution is -1.99. The zero-order valence-electron chi connectivity index (χ0n) is 15.3. The molecule has 5 rings (SSSR count). The van der Waals surface area contributed by atoms with Gasteiger partial charge in [-0.2, -0.15) is 5.10 Å². The number of imidazole rings is 1. The van der Waals surface area contributed by atoms with E-state index in [0.717, 1.165) is 16.6 Å². The molecule has 3 heterocycles. The van der Waals surface area contributed by atoms with Crippen molar-refractivity contribution in [2.75, 3.05) is 0 Å². The molecular formula is C21H12Cl2N6O.